The molecule has 0 atom stereocenters. The zero-order valence-electron chi connectivity index (χ0n) is 10.3. The summed E-state index contributed by atoms with van der Waals surface area (Å²) in [6.45, 7) is 0.657. The minimum Gasteiger partial charge on any atom is -0.351 e. The van der Waals surface area contributed by atoms with Crippen LogP contribution in [0, 0.1) is 16.0 Å². The maximum atomic E-state index is 11.9. The van der Waals surface area contributed by atoms with Gasteiger partial charge in [-0.3, -0.25) is 14.9 Å². The fourth-order valence-corrected chi connectivity index (χ4v) is 3.46. The van der Waals surface area contributed by atoms with E-state index in [0.717, 1.165) is 37.0 Å². The second kappa shape index (κ2) is 6.47. The predicted molar refractivity (Wildman–Crippen MR) is 78.0 cm³/mol. The van der Waals surface area contributed by atoms with E-state index in [9.17, 15) is 14.9 Å². The van der Waals surface area contributed by atoms with E-state index >= 15 is 0 Å². The Labute approximate surface area is 123 Å². The first-order valence-corrected chi connectivity index (χ1v) is 7.96. The number of nitrogens with zero attached hydrogens (tertiary/aromatic N) is 1. The van der Waals surface area contributed by atoms with E-state index in [0.29, 0.717) is 22.2 Å². The van der Waals surface area contributed by atoms with Gasteiger partial charge in [-0.25, -0.2) is 0 Å². The number of nitrogens with one attached hydrogen (secondary N) is 1. The van der Waals surface area contributed by atoms with Crippen LogP contribution >= 0.6 is 27.3 Å². The van der Waals surface area contributed by atoms with Gasteiger partial charge >= 0.3 is 5.00 Å². The van der Waals surface area contributed by atoms with Crippen molar-refractivity contribution in [2.24, 2.45) is 5.92 Å². The largest absolute Gasteiger partial charge is 0.351 e. The fraction of sp³-hybridized carbons (Fsp3) is 0.583. The first kappa shape index (κ1) is 14.5. The average Bonchev–Trinajstić information content (AvgIpc) is 2.87. The third kappa shape index (κ3) is 4.01. The van der Waals surface area contributed by atoms with Gasteiger partial charge in [0.2, 0.25) is 0 Å². The number of rotatable bonds is 4. The summed E-state index contributed by atoms with van der Waals surface area (Å²) in [7, 11) is 0. The number of carbonyl (C=O) groups is 1. The lowest BCUT2D eigenvalue weighted by Crippen LogP contribution is -2.30. The summed E-state index contributed by atoms with van der Waals surface area (Å²) in [4.78, 5) is 22.9. The number of alkyl halides is 1. The minimum absolute atomic E-state index is 0.00458. The van der Waals surface area contributed by atoms with Crippen LogP contribution < -0.4 is 5.32 Å². The molecule has 0 unspecified atom stereocenters. The summed E-state index contributed by atoms with van der Waals surface area (Å²) in [6.07, 6.45) is 4.51. The van der Waals surface area contributed by atoms with Crippen molar-refractivity contribution in [1.82, 2.24) is 5.32 Å². The van der Waals surface area contributed by atoms with Crippen molar-refractivity contribution in [3.05, 3.63) is 27.1 Å². The monoisotopic (exact) mass is 346 g/mol. The van der Waals surface area contributed by atoms with Crippen LogP contribution in [0.2, 0.25) is 0 Å². The average molecular weight is 347 g/mol. The van der Waals surface area contributed by atoms with Crippen LogP contribution in [0.25, 0.3) is 0 Å². The van der Waals surface area contributed by atoms with Crippen molar-refractivity contribution in [3.63, 3.8) is 0 Å². The van der Waals surface area contributed by atoms with E-state index in [1.54, 1.807) is 0 Å². The van der Waals surface area contributed by atoms with Crippen LogP contribution in [0.4, 0.5) is 5.00 Å². The molecule has 1 aliphatic carbocycles. The summed E-state index contributed by atoms with van der Waals surface area (Å²) in [6, 6.07) is 2.88. The molecule has 1 aromatic heterocycles. The van der Waals surface area contributed by atoms with Crippen molar-refractivity contribution in [3.8, 4) is 0 Å². The highest BCUT2D eigenvalue weighted by atomic mass is 79.9. The number of thiophene rings is 1. The number of amides is 1. The topological polar surface area (TPSA) is 72.2 Å². The van der Waals surface area contributed by atoms with E-state index in [1.807, 2.05) is 0 Å². The summed E-state index contributed by atoms with van der Waals surface area (Å²) in [5, 5.41) is 13.4. The molecule has 1 amide bonds. The molecular weight excluding hydrogens is 332 g/mol. The summed E-state index contributed by atoms with van der Waals surface area (Å²) in [5.41, 5.74) is 0. The molecule has 0 aromatic carbocycles. The van der Waals surface area contributed by atoms with Gasteiger partial charge in [0.15, 0.2) is 0 Å². The Morgan fingerprint density at radius 3 is 2.68 bits per heavy atom. The lowest BCUT2D eigenvalue weighted by atomic mass is 9.89. The molecule has 0 radical (unpaired) electrons. The Morgan fingerprint density at radius 1 is 1.42 bits per heavy atom. The predicted octanol–water partition coefficient (Wildman–Crippen LogP) is 3.34. The standard InChI is InChI=1S/C12H15BrN2O3S/c13-9-3-1-8(2-4-9)7-14-12(16)10-5-6-11(19-10)15(17)18/h5-6,8-9H,1-4,7H2,(H,14,16). The van der Waals surface area contributed by atoms with Crippen molar-refractivity contribution >= 4 is 38.2 Å². The summed E-state index contributed by atoms with van der Waals surface area (Å²) >= 11 is 4.52. The third-order valence-electron chi connectivity index (χ3n) is 3.32. The van der Waals surface area contributed by atoms with Gasteiger partial charge < -0.3 is 5.32 Å². The maximum absolute atomic E-state index is 11.9. The van der Waals surface area contributed by atoms with Crippen molar-refractivity contribution in [2.45, 2.75) is 30.5 Å². The fourth-order valence-electron chi connectivity index (χ4n) is 2.20. The van der Waals surface area contributed by atoms with Gasteiger partial charge in [0.25, 0.3) is 5.91 Å². The van der Waals surface area contributed by atoms with Crippen LogP contribution in [0.15, 0.2) is 12.1 Å². The molecule has 0 spiro atoms. The van der Waals surface area contributed by atoms with Crippen LogP contribution in [0.3, 0.4) is 0 Å². The highest BCUT2D eigenvalue weighted by Crippen LogP contribution is 2.28. The normalized spacial score (nSPS) is 23.0. The molecule has 1 saturated carbocycles. The summed E-state index contributed by atoms with van der Waals surface area (Å²) in [5.74, 6) is 0.312. The van der Waals surface area contributed by atoms with Gasteiger partial charge in [0, 0.05) is 17.4 Å². The van der Waals surface area contributed by atoms with Gasteiger partial charge in [0.05, 0.1) is 9.80 Å². The van der Waals surface area contributed by atoms with Crippen LogP contribution in [0.5, 0.6) is 0 Å². The highest BCUT2D eigenvalue weighted by Gasteiger charge is 2.21. The molecular formula is C12H15BrN2O3S. The molecule has 0 bridgehead atoms. The Bertz CT molecular complexity index is 469. The minimum atomic E-state index is -0.473. The lowest BCUT2D eigenvalue weighted by molar-refractivity contribution is -0.380. The number of nitro groups is 1. The Hall–Kier alpha value is -0.950. The number of hydrogen-bond acceptors (Lipinski definition) is 4. The van der Waals surface area contributed by atoms with E-state index in [-0.39, 0.29) is 10.9 Å². The molecule has 5 nitrogen and oxygen atoms in total. The molecule has 2 rings (SSSR count). The lowest BCUT2D eigenvalue weighted by Gasteiger charge is -2.25. The number of halogens is 1. The molecule has 0 saturated heterocycles. The highest BCUT2D eigenvalue weighted by molar-refractivity contribution is 9.09. The molecule has 1 heterocycles. The quantitative estimate of drug-likeness (QED) is 0.516. The van der Waals surface area contributed by atoms with Gasteiger partial charge in [-0.1, -0.05) is 27.3 Å². The van der Waals surface area contributed by atoms with E-state index < -0.39 is 4.92 Å². The maximum Gasteiger partial charge on any atom is 0.324 e. The van der Waals surface area contributed by atoms with E-state index in [4.69, 9.17) is 0 Å². The Kier molecular flexibility index (Phi) is 4.93. The van der Waals surface area contributed by atoms with Gasteiger partial charge in [-0.15, -0.1) is 0 Å². The third-order valence-corrected chi connectivity index (χ3v) is 5.27. The second-order valence-electron chi connectivity index (χ2n) is 4.72. The van der Waals surface area contributed by atoms with Crippen molar-refractivity contribution in [2.75, 3.05) is 6.54 Å². The molecule has 19 heavy (non-hydrogen) atoms. The number of hydrogen-bond donors (Lipinski definition) is 1. The molecule has 0 aliphatic heterocycles. The van der Waals surface area contributed by atoms with Crippen molar-refractivity contribution in [1.29, 1.82) is 0 Å². The van der Waals surface area contributed by atoms with Crippen LogP contribution in [-0.4, -0.2) is 22.2 Å². The van der Waals surface area contributed by atoms with E-state index in [2.05, 4.69) is 21.2 Å². The van der Waals surface area contributed by atoms with Crippen LogP contribution in [0.1, 0.15) is 35.4 Å². The first-order chi connectivity index (χ1) is 9.06. The Balaban J connectivity index is 1.82. The SMILES string of the molecule is O=C(NCC1CCC(Br)CC1)c1ccc([N+](=O)[O-])s1. The van der Waals surface area contributed by atoms with Crippen LogP contribution in [-0.2, 0) is 0 Å². The number of carbonyl (C=O) groups excluding carboxylic acids is 1. The molecule has 104 valence electrons. The smallest absolute Gasteiger partial charge is 0.324 e. The van der Waals surface area contributed by atoms with Crippen molar-refractivity contribution < 1.29 is 9.72 Å². The molecule has 1 N–H and O–H groups in total. The first-order valence-electron chi connectivity index (χ1n) is 6.22. The van der Waals surface area contributed by atoms with Gasteiger partial charge in [-0.05, 0) is 37.7 Å². The molecule has 1 aromatic rings. The second-order valence-corrected chi connectivity index (χ2v) is 7.08. The van der Waals surface area contributed by atoms with Gasteiger partial charge in [-0.2, -0.15) is 0 Å². The zero-order chi connectivity index (χ0) is 13.8. The van der Waals surface area contributed by atoms with E-state index in [1.165, 1.54) is 12.1 Å². The molecule has 1 fully saturated rings. The molecule has 7 heteroatoms. The molecule has 1 aliphatic rings. The Morgan fingerprint density at radius 2 is 2.11 bits per heavy atom. The van der Waals surface area contributed by atoms with Gasteiger partial charge in [0.1, 0.15) is 0 Å². The zero-order valence-corrected chi connectivity index (χ0v) is 12.7. The summed E-state index contributed by atoms with van der Waals surface area (Å²) < 4.78 is 0.